The van der Waals surface area contributed by atoms with Crippen LogP contribution in [-0.2, 0) is 17.9 Å². The van der Waals surface area contributed by atoms with Gasteiger partial charge in [-0.1, -0.05) is 35.6 Å². The minimum absolute atomic E-state index is 0.130. The maximum atomic E-state index is 12.7. The monoisotopic (exact) mass is 434 g/mol. The second kappa shape index (κ2) is 9.55. The van der Waals surface area contributed by atoms with E-state index in [1.165, 1.54) is 11.3 Å². The molecule has 0 saturated carbocycles. The minimum atomic E-state index is -0.146. The predicted octanol–water partition coefficient (Wildman–Crippen LogP) is 3.89. The Hall–Kier alpha value is -3.49. The van der Waals surface area contributed by atoms with Crippen LogP contribution in [0.5, 0.6) is 0 Å². The van der Waals surface area contributed by atoms with Crippen LogP contribution in [0.2, 0.25) is 0 Å². The van der Waals surface area contributed by atoms with E-state index >= 15 is 0 Å². The van der Waals surface area contributed by atoms with Crippen molar-refractivity contribution in [1.29, 1.82) is 0 Å². The van der Waals surface area contributed by atoms with Crippen LogP contribution in [0.4, 0.5) is 5.13 Å². The summed E-state index contributed by atoms with van der Waals surface area (Å²) in [6.45, 7) is 1.19. The molecule has 0 radical (unpaired) electrons. The van der Waals surface area contributed by atoms with Crippen LogP contribution in [0.1, 0.15) is 21.7 Å². The van der Waals surface area contributed by atoms with Gasteiger partial charge in [-0.15, -0.1) is 0 Å². The van der Waals surface area contributed by atoms with E-state index in [1.54, 1.807) is 25.4 Å². The third-order valence-electron chi connectivity index (χ3n) is 4.72. The van der Waals surface area contributed by atoms with Gasteiger partial charge in [0.05, 0.1) is 29.6 Å². The number of hydrogen-bond donors (Lipinski definition) is 2. The van der Waals surface area contributed by atoms with Crippen LogP contribution in [0.25, 0.3) is 10.2 Å². The van der Waals surface area contributed by atoms with Crippen LogP contribution < -0.4 is 10.6 Å². The first-order chi connectivity index (χ1) is 15.1. The van der Waals surface area contributed by atoms with Gasteiger partial charge in [0, 0.05) is 19.2 Å². The number of hydrogen-bond acceptors (Lipinski definition) is 6. The number of thiazole rings is 1. The second-order valence-corrected chi connectivity index (χ2v) is 8.07. The number of aromatic nitrogens is 1. The van der Waals surface area contributed by atoms with Crippen molar-refractivity contribution in [2.75, 3.05) is 18.9 Å². The Morgan fingerprint density at radius 2 is 1.84 bits per heavy atom. The molecule has 0 atom stereocenters. The molecule has 2 heterocycles. The van der Waals surface area contributed by atoms with E-state index in [2.05, 4.69) is 15.6 Å². The highest BCUT2D eigenvalue weighted by Gasteiger charge is 2.15. The third kappa shape index (κ3) is 5.36. The molecule has 0 spiro atoms. The van der Waals surface area contributed by atoms with Crippen LogP contribution >= 0.6 is 11.3 Å². The fourth-order valence-electron chi connectivity index (χ4n) is 3.24. The van der Waals surface area contributed by atoms with E-state index in [4.69, 9.17) is 4.42 Å². The molecular weight excluding hydrogens is 412 g/mol. The molecule has 2 aromatic heterocycles. The number of rotatable bonds is 8. The number of carbonyl (C=O) groups excluding carboxylic acids is 2. The second-order valence-electron chi connectivity index (χ2n) is 7.04. The highest BCUT2D eigenvalue weighted by Crippen LogP contribution is 2.25. The Balaban J connectivity index is 1.45. The predicted molar refractivity (Wildman–Crippen MR) is 121 cm³/mol. The largest absolute Gasteiger partial charge is 0.468 e. The normalized spacial score (nSPS) is 11.0. The number of fused-ring (bicyclic) bond motifs is 1. The zero-order valence-electron chi connectivity index (χ0n) is 17.0. The maximum absolute atomic E-state index is 12.7. The molecule has 0 aliphatic rings. The van der Waals surface area contributed by atoms with E-state index in [-0.39, 0.29) is 18.4 Å². The summed E-state index contributed by atoms with van der Waals surface area (Å²) in [6, 6.07) is 18.8. The number of amides is 2. The summed E-state index contributed by atoms with van der Waals surface area (Å²) in [5, 5.41) is 6.10. The van der Waals surface area contributed by atoms with E-state index in [0.29, 0.717) is 23.8 Å². The van der Waals surface area contributed by atoms with Crippen molar-refractivity contribution >= 4 is 38.5 Å². The number of furan rings is 1. The molecule has 0 aliphatic heterocycles. The minimum Gasteiger partial charge on any atom is -0.468 e. The molecule has 0 saturated heterocycles. The molecule has 158 valence electrons. The Labute approximate surface area is 183 Å². The van der Waals surface area contributed by atoms with Gasteiger partial charge in [0.15, 0.2) is 5.13 Å². The molecule has 0 bridgehead atoms. The Bertz CT molecular complexity index is 1140. The van der Waals surface area contributed by atoms with E-state index < -0.39 is 0 Å². The first-order valence-corrected chi connectivity index (χ1v) is 10.6. The standard InChI is InChI=1S/C23H22N4O3S/c1-24-22(29)17-10-8-16(9-11-17)13-27(14-18-5-4-12-30-18)15-21(28)26-23-25-19-6-2-3-7-20(19)31-23/h2-12H,13-15H2,1H3,(H,24,29)(H,25,26,28). The van der Waals surface area contributed by atoms with Crippen molar-refractivity contribution in [3.63, 3.8) is 0 Å². The van der Waals surface area contributed by atoms with Crippen LogP contribution in [-0.4, -0.2) is 35.3 Å². The zero-order chi connectivity index (χ0) is 21.6. The van der Waals surface area contributed by atoms with Gasteiger partial charge in [0.25, 0.3) is 5.91 Å². The van der Waals surface area contributed by atoms with E-state index in [1.807, 2.05) is 53.4 Å². The molecule has 4 aromatic rings. The van der Waals surface area contributed by atoms with Gasteiger partial charge in [-0.25, -0.2) is 4.98 Å². The molecule has 0 fully saturated rings. The highest BCUT2D eigenvalue weighted by atomic mass is 32.1. The summed E-state index contributed by atoms with van der Waals surface area (Å²) < 4.78 is 6.50. The van der Waals surface area contributed by atoms with Gasteiger partial charge in [-0.2, -0.15) is 0 Å². The Morgan fingerprint density at radius 3 is 2.55 bits per heavy atom. The van der Waals surface area contributed by atoms with Crippen LogP contribution in [0, 0.1) is 0 Å². The molecule has 31 heavy (non-hydrogen) atoms. The van der Waals surface area contributed by atoms with Crippen molar-refractivity contribution in [2.45, 2.75) is 13.1 Å². The molecule has 7 nitrogen and oxygen atoms in total. The summed E-state index contributed by atoms with van der Waals surface area (Å²) in [5.41, 5.74) is 2.45. The van der Waals surface area contributed by atoms with Crippen molar-refractivity contribution < 1.29 is 14.0 Å². The lowest BCUT2D eigenvalue weighted by molar-refractivity contribution is -0.117. The van der Waals surface area contributed by atoms with Gasteiger partial charge >= 0.3 is 0 Å². The molecule has 2 amide bonds. The lowest BCUT2D eigenvalue weighted by Gasteiger charge is -2.20. The van der Waals surface area contributed by atoms with Gasteiger partial charge < -0.3 is 15.1 Å². The van der Waals surface area contributed by atoms with Gasteiger partial charge in [0.1, 0.15) is 5.76 Å². The molecule has 4 rings (SSSR count). The summed E-state index contributed by atoms with van der Waals surface area (Å²) in [7, 11) is 1.60. The van der Waals surface area contributed by atoms with Gasteiger partial charge in [0.2, 0.25) is 5.91 Å². The van der Waals surface area contributed by atoms with Gasteiger partial charge in [-0.05, 0) is 42.0 Å². The maximum Gasteiger partial charge on any atom is 0.251 e. The van der Waals surface area contributed by atoms with Crippen molar-refractivity contribution in [1.82, 2.24) is 15.2 Å². The number of nitrogens with zero attached hydrogens (tertiary/aromatic N) is 2. The number of nitrogens with one attached hydrogen (secondary N) is 2. The van der Waals surface area contributed by atoms with Crippen LogP contribution in [0.3, 0.4) is 0 Å². The summed E-state index contributed by atoms with van der Waals surface area (Å²) in [5.74, 6) is 0.497. The number of anilines is 1. The van der Waals surface area contributed by atoms with E-state index in [0.717, 1.165) is 21.5 Å². The average molecular weight is 435 g/mol. The molecule has 8 heteroatoms. The lowest BCUT2D eigenvalue weighted by Crippen LogP contribution is -2.32. The fourth-order valence-corrected chi connectivity index (χ4v) is 4.12. The number of carbonyl (C=O) groups is 2. The van der Waals surface area contributed by atoms with Crippen LogP contribution in [0.15, 0.2) is 71.3 Å². The number of para-hydroxylation sites is 1. The molecule has 2 N–H and O–H groups in total. The van der Waals surface area contributed by atoms with Crippen molar-refractivity contribution in [3.05, 3.63) is 83.8 Å². The first-order valence-electron chi connectivity index (χ1n) is 9.82. The third-order valence-corrected chi connectivity index (χ3v) is 5.67. The molecule has 0 aliphatic carbocycles. The average Bonchev–Trinajstić information content (AvgIpc) is 3.42. The van der Waals surface area contributed by atoms with Crippen molar-refractivity contribution in [3.8, 4) is 0 Å². The Morgan fingerprint density at radius 1 is 1.03 bits per heavy atom. The first kappa shape index (κ1) is 20.8. The summed E-state index contributed by atoms with van der Waals surface area (Å²) in [6.07, 6.45) is 1.62. The SMILES string of the molecule is CNC(=O)c1ccc(CN(CC(=O)Nc2nc3ccccc3s2)Cc2ccco2)cc1. The van der Waals surface area contributed by atoms with Crippen molar-refractivity contribution in [2.24, 2.45) is 0 Å². The van der Waals surface area contributed by atoms with E-state index in [9.17, 15) is 9.59 Å². The highest BCUT2D eigenvalue weighted by molar-refractivity contribution is 7.22. The fraction of sp³-hybridized carbons (Fsp3) is 0.174. The zero-order valence-corrected chi connectivity index (χ0v) is 17.8. The summed E-state index contributed by atoms with van der Waals surface area (Å²) >= 11 is 1.45. The molecule has 0 unspecified atom stereocenters. The topological polar surface area (TPSA) is 87.5 Å². The summed E-state index contributed by atoms with van der Waals surface area (Å²) in [4.78, 5) is 30.9. The quantitative estimate of drug-likeness (QED) is 0.439. The smallest absolute Gasteiger partial charge is 0.251 e. The van der Waals surface area contributed by atoms with Gasteiger partial charge in [-0.3, -0.25) is 14.5 Å². The Kier molecular flexibility index (Phi) is 6.40. The molecular formula is C23H22N4O3S. The molecule has 2 aromatic carbocycles. The lowest BCUT2D eigenvalue weighted by atomic mass is 10.1. The number of benzene rings is 2.